The Kier molecular flexibility index (Phi) is 3.77. The number of methoxy groups -OCH3 is 1. The van der Waals surface area contributed by atoms with Crippen LogP contribution >= 0.6 is 11.8 Å². The number of esters is 1. The fourth-order valence-corrected chi connectivity index (χ4v) is 2.38. The van der Waals surface area contributed by atoms with Gasteiger partial charge in [0.1, 0.15) is 12.1 Å². The quantitative estimate of drug-likeness (QED) is 0.631. The van der Waals surface area contributed by atoms with Crippen molar-refractivity contribution < 1.29 is 19.4 Å². The van der Waals surface area contributed by atoms with E-state index in [0.717, 1.165) is 0 Å². The Morgan fingerprint density at radius 1 is 1.64 bits per heavy atom. The SMILES string of the molecule is COC(=O)C1CSCN1C(=O)C(C)O. The summed E-state index contributed by atoms with van der Waals surface area (Å²) in [5.74, 6) is 0.114. The van der Waals surface area contributed by atoms with Crippen LogP contribution in [0.1, 0.15) is 6.92 Å². The summed E-state index contributed by atoms with van der Waals surface area (Å²) >= 11 is 1.47. The zero-order valence-electron chi connectivity index (χ0n) is 8.10. The third-order valence-electron chi connectivity index (χ3n) is 2.00. The van der Waals surface area contributed by atoms with Crippen molar-refractivity contribution in [3.05, 3.63) is 0 Å². The van der Waals surface area contributed by atoms with E-state index in [-0.39, 0.29) is 0 Å². The summed E-state index contributed by atoms with van der Waals surface area (Å²) in [4.78, 5) is 24.0. The molecule has 0 aromatic rings. The molecule has 2 unspecified atom stereocenters. The zero-order chi connectivity index (χ0) is 10.7. The van der Waals surface area contributed by atoms with E-state index in [0.29, 0.717) is 11.6 Å². The summed E-state index contributed by atoms with van der Waals surface area (Å²) in [6, 6.07) is -0.549. The number of nitrogens with zero attached hydrogens (tertiary/aromatic N) is 1. The first-order valence-corrected chi connectivity index (χ1v) is 5.37. The zero-order valence-corrected chi connectivity index (χ0v) is 8.91. The molecule has 0 bridgehead atoms. The molecule has 1 amide bonds. The van der Waals surface area contributed by atoms with Gasteiger partial charge < -0.3 is 14.7 Å². The lowest BCUT2D eigenvalue weighted by atomic mass is 10.2. The van der Waals surface area contributed by atoms with Crippen LogP contribution in [0.5, 0.6) is 0 Å². The minimum Gasteiger partial charge on any atom is -0.467 e. The van der Waals surface area contributed by atoms with E-state index in [1.807, 2.05) is 0 Å². The molecule has 2 atom stereocenters. The average molecular weight is 219 g/mol. The van der Waals surface area contributed by atoms with Crippen molar-refractivity contribution >= 4 is 23.6 Å². The highest BCUT2D eigenvalue weighted by Crippen LogP contribution is 2.22. The Labute approximate surface area is 86.4 Å². The number of amides is 1. The number of carbonyl (C=O) groups is 2. The molecule has 1 aliphatic rings. The molecular weight excluding hydrogens is 206 g/mol. The molecule has 0 radical (unpaired) electrons. The van der Waals surface area contributed by atoms with E-state index in [1.165, 1.54) is 30.7 Å². The summed E-state index contributed by atoms with van der Waals surface area (Å²) in [7, 11) is 1.29. The topological polar surface area (TPSA) is 66.8 Å². The minimum absolute atomic E-state index is 0.426. The lowest BCUT2D eigenvalue weighted by Gasteiger charge is -2.22. The maximum Gasteiger partial charge on any atom is 0.329 e. The van der Waals surface area contributed by atoms with Crippen molar-refractivity contribution in [1.82, 2.24) is 4.90 Å². The first-order chi connectivity index (χ1) is 6.57. The first kappa shape index (κ1) is 11.3. The summed E-state index contributed by atoms with van der Waals surface area (Å²) in [5.41, 5.74) is 0. The normalized spacial score (nSPS) is 23.4. The number of ether oxygens (including phenoxy) is 1. The summed E-state index contributed by atoms with van der Waals surface area (Å²) in [5, 5.41) is 9.10. The second kappa shape index (κ2) is 4.65. The van der Waals surface area contributed by atoms with Crippen LogP contribution in [0.25, 0.3) is 0 Å². The second-order valence-corrected chi connectivity index (χ2v) is 4.02. The number of hydrogen-bond donors (Lipinski definition) is 1. The maximum absolute atomic E-state index is 11.4. The predicted octanol–water partition coefficient (Wildman–Crippen LogP) is -0.558. The van der Waals surface area contributed by atoms with Gasteiger partial charge in [0.15, 0.2) is 0 Å². The highest BCUT2D eigenvalue weighted by Gasteiger charge is 2.36. The van der Waals surface area contributed by atoms with Crippen molar-refractivity contribution in [2.75, 3.05) is 18.7 Å². The van der Waals surface area contributed by atoms with E-state index in [4.69, 9.17) is 5.11 Å². The number of hydrogen-bond acceptors (Lipinski definition) is 5. The maximum atomic E-state index is 11.4. The summed E-state index contributed by atoms with van der Waals surface area (Å²) in [6.45, 7) is 1.39. The van der Waals surface area contributed by atoms with Crippen LogP contribution in [0.2, 0.25) is 0 Å². The van der Waals surface area contributed by atoms with Gasteiger partial charge in [0, 0.05) is 5.75 Å². The molecule has 0 spiro atoms. The Hall–Kier alpha value is -0.750. The summed E-state index contributed by atoms with van der Waals surface area (Å²) in [6.07, 6.45) is -1.07. The van der Waals surface area contributed by atoms with E-state index >= 15 is 0 Å². The van der Waals surface area contributed by atoms with Crippen molar-refractivity contribution in [3.8, 4) is 0 Å². The molecule has 80 valence electrons. The second-order valence-electron chi connectivity index (χ2n) is 3.02. The van der Waals surface area contributed by atoms with Crippen molar-refractivity contribution in [2.24, 2.45) is 0 Å². The molecule has 0 aliphatic carbocycles. The molecule has 1 rings (SSSR count). The number of rotatable bonds is 2. The van der Waals surface area contributed by atoms with E-state index in [9.17, 15) is 9.59 Å². The van der Waals surface area contributed by atoms with Crippen molar-refractivity contribution in [2.45, 2.75) is 19.1 Å². The monoisotopic (exact) mass is 219 g/mol. The first-order valence-electron chi connectivity index (χ1n) is 4.22. The molecule has 0 saturated carbocycles. The van der Waals surface area contributed by atoms with E-state index in [1.54, 1.807) is 0 Å². The smallest absolute Gasteiger partial charge is 0.329 e. The number of thioether (sulfide) groups is 1. The largest absolute Gasteiger partial charge is 0.467 e. The van der Waals surface area contributed by atoms with Gasteiger partial charge in [0.25, 0.3) is 5.91 Å². The Balaban J connectivity index is 2.68. The van der Waals surface area contributed by atoms with Crippen LogP contribution in [0, 0.1) is 0 Å². The van der Waals surface area contributed by atoms with Crippen LogP contribution in [0.3, 0.4) is 0 Å². The van der Waals surface area contributed by atoms with Crippen LogP contribution < -0.4 is 0 Å². The van der Waals surface area contributed by atoms with E-state index < -0.39 is 24.0 Å². The highest BCUT2D eigenvalue weighted by molar-refractivity contribution is 7.99. The molecule has 5 nitrogen and oxygen atoms in total. The van der Waals surface area contributed by atoms with Gasteiger partial charge in [-0.2, -0.15) is 0 Å². The number of carbonyl (C=O) groups excluding carboxylic acids is 2. The average Bonchev–Trinajstić information content (AvgIpc) is 2.63. The molecular formula is C8H13NO4S. The predicted molar refractivity (Wildman–Crippen MR) is 51.7 cm³/mol. The molecule has 1 heterocycles. The lowest BCUT2D eigenvalue weighted by Crippen LogP contribution is -2.46. The van der Waals surface area contributed by atoms with E-state index in [2.05, 4.69) is 4.74 Å². The van der Waals surface area contributed by atoms with Crippen LogP contribution in [0.15, 0.2) is 0 Å². The standard InChI is InChI=1S/C8H13NO4S/c1-5(10)7(11)9-4-14-3-6(9)8(12)13-2/h5-6,10H,3-4H2,1-2H3. The van der Waals surface area contributed by atoms with Gasteiger partial charge >= 0.3 is 5.97 Å². The number of aliphatic hydroxyl groups is 1. The van der Waals surface area contributed by atoms with Gasteiger partial charge in [-0.25, -0.2) is 4.79 Å². The Bertz CT molecular complexity index is 243. The van der Waals surface area contributed by atoms with Crippen LogP contribution in [-0.4, -0.2) is 52.8 Å². The Morgan fingerprint density at radius 3 is 2.79 bits per heavy atom. The Morgan fingerprint density at radius 2 is 2.29 bits per heavy atom. The summed E-state index contributed by atoms with van der Waals surface area (Å²) < 4.78 is 4.57. The fourth-order valence-electron chi connectivity index (χ4n) is 1.23. The van der Waals surface area contributed by atoms with Crippen LogP contribution in [0.4, 0.5) is 0 Å². The fraction of sp³-hybridized carbons (Fsp3) is 0.750. The highest BCUT2D eigenvalue weighted by atomic mass is 32.2. The van der Waals surface area contributed by atoms with Crippen LogP contribution in [-0.2, 0) is 14.3 Å². The number of aliphatic hydroxyl groups excluding tert-OH is 1. The lowest BCUT2D eigenvalue weighted by molar-refractivity contribution is -0.153. The van der Waals surface area contributed by atoms with Gasteiger partial charge in [-0.3, -0.25) is 4.79 Å². The molecule has 1 saturated heterocycles. The van der Waals surface area contributed by atoms with Crippen molar-refractivity contribution in [3.63, 3.8) is 0 Å². The molecule has 0 aromatic heterocycles. The molecule has 6 heteroatoms. The van der Waals surface area contributed by atoms with Gasteiger partial charge in [0.2, 0.25) is 0 Å². The molecule has 14 heavy (non-hydrogen) atoms. The minimum atomic E-state index is -1.07. The van der Waals surface area contributed by atoms with Gasteiger partial charge in [-0.05, 0) is 6.92 Å². The molecule has 0 aromatic carbocycles. The molecule has 1 aliphatic heterocycles. The molecule has 1 N–H and O–H groups in total. The van der Waals surface area contributed by atoms with Crippen molar-refractivity contribution in [1.29, 1.82) is 0 Å². The van der Waals surface area contributed by atoms with Gasteiger partial charge in [-0.1, -0.05) is 0 Å². The third-order valence-corrected chi connectivity index (χ3v) is 3.01. The third kappa shape index (κ3) is 2.19. The molecule has 1 fully saturated rings. The van der Waals surface area contributed by atoms with Gasteiger partial charge in [0.05, 0.1) is 13.0 Å². The van der Waals surface area contributed by atoms with Gasteiger partial charge in [-0.15, -0.1) is 11.8 Å².